The lowest BCUT2D eigenvalue weighted by Crippen LogP contribution is -2.31. The molecule has 0 amide bonds. The van der Waals surface area contributed by atoms with Crippen LogP contribution in [0.4, 0.5) is 0 Å². The van der Waals surface area contributed by atoms with Crippen molar-refractivity contribution in [3.63, 3.8) is 0 Å². The molecule has 2 N–H and O–H groups in total. The van der Waals surface area contributed by atoms with Gasteiger partial charge in [0.1, 0.15) is 0 Å². The summed E-state index contributed by atoms with van der Waals surface area (Å²) in [5, 5.41) is 0. The lowest BCUT2D eigenvalue weighted by Gasteiger charge is -2.15. The summed E-state index contributed by atoms with van der Waals surface area (Å²) in [6.45, 7) is 0.653. The van der Waals surface area contributed by atoms with Crippen LogP contribution < -0.4 is 5.73 Å². The van der Waals surface area contributed by atoms with Crippen molar-refractivity contribution in [2.24, 2.45) is 5.73 Å². The molecule has 0 atom stereocenters. The molecule has 5 heteroatoms. The van der Waals surface area contributed by atoms with Crippen LogP contribution in [0.15, 0.2) is 35.2 Å². The first kappa shape index (κ1) is 11.2. The zero-order valence-corrected chi connectivity index (χ0v) is 8.87. The second-order valence-corrected chi connectivity index (χ2v) is 4.97. The molecule has 0 fully saturated rings. The molecule has 0 unspecified atom stereocenters. The van der Waals surface area contributed by atoms with E-state index in [9.17, 15) is 8.42 Å². The van der Waals surface area contributed by atoms with E-state index in [0.717, 1.165) is 0 Å². The van der Waals surface area contributed by atoms with E-state index in [4.69, 9.17) is 5.73 Å². The number of nitrogens with zero attached hydrogens (tertiary/aromatic N) is 1. The van der Waals surface area contributed by atoms with Crippen LogP contribution in [0.2, 0.25) is 0 Å². The predicted octanol–water partition coefficient (Wildman–Crippen LogP) is 0.266. The molecule has 0 bridgehead atoms. The highest BCUT2D eigenvalue weighted by atomic mass is 32.2. The van der Waals surface area contributed by atoms with Crippen molar-refractivity contribution in [2.75, 3.05) is 20.1 Å². The van der Waals surface area contributed by atoms with E-state index in [0.29, 0.717) is 18.0 Å². The molecule has 0 spiro atoms. The summed E-state index contributed by atoms with van der Waals surface area (Å²) in [4.78, 5) is 0.302. The molecule has 1 aromatic rings. The zero-order valence-electron chi connectivity index (χ0n) is 8.05. The molecule has 0 aliphatic carbocycles. The second kappa shape index (κ2) is 4.54. The summed E-state index contributed by atoms with van der Waals surface area (Å²) in [7, 11) is -1.82. The standard InChI is InChI=1S/C9H14N2O2S/c1-11(8-7-10)14(12,13)9-5-3-2-4-6-9/h2-6H,7-8,10H2,1H3. The average molecular weight is 214 g/mol. The van der Waals surface area contributed by atoms with Crippen molar-refractivity contribution in [1.82, 2.24) is 4.31 Å². The molecule has 0 radical (unpaired) electrons. The smallest absolute Gasteiger partial charge is 0.242 e. The number of sulfonamides is 1. The first-order chi connectivity index (χ1) is 6.59. The fourth-order valence-electron chi connectivity index (χ4n) is 1.07. The van der Waals surface area contributed by atoms with Gasteiger partial charge in [0.15, 0.2) is 0 Å². The SMILES string of the molecule is CN(CCN)S(=O)(=O)c1ccccc1. The minimum absolute atomic E-state index is 0.302. The Morgan fingerprint density at radius 2 is 1.86 bits per heavy atom. The average Bonchev–Trinajstić information content (AvgIpc) is 2.19. The minimum Gasteiger partial charge on any atom is -0.329 e. The lowest BCUT2D eigenvalue weighted by molar-refractivity contribution is 0.476. The first-order valence-corrected chi connectivity index (χ1v) is 5.74. The molecule has 1 rings (SSSR count). The largest absolute Gasteiger partial charge is 0.329 e. The fourth-order valence-corrected chi connectivity index (χ4v) is 2.28. The number of hydrogen-bond donors (Lipinski definition) is 1. The van der Waals surface area contributed by atoms with Gasteiger partial charge in [-0.15, -0.1) is 0 Å². The minimum atomic E-state index is -3.35. The normalized spacial score (nSPS) is 11.9. The van der Waals surface area contributed by atoms with Gasteiger partial charge >= 0.3 is 0 Å². The van der Waals surface area contributed by atoms with Gasteiger partial charge in [0.25, 0.3) is 0 Å². The molecule has 0 heterocycles. The van der Waals surface area contributed by atoms with Gasteiger partial charge in [-0.05, 0) is 12.1 Å². The van der Waals surface area contributed by atoms with Crippen LogP contribution in [-0.4, -0.2) is 32.9 Å². The molecular formula is C9H14N2O2S. The van der Waals surface area contributed by atoms with Gasteiger partial charge in [0.2, 0.25) is 10.0 Å². The maximum absolute atomic E-state index is 11.8. The summed E-state index contributed by atoms with van der Waals surface area (Å²) in [6.07, 6.45) is 0. The topological polar surface area (TPSA) is 63.4 Å². The van der Waals surface area contributed by atoms with Crippen LogP contribution in [0.25, 0.3) is 0 Å². The Bertz CT molecular complexity index is 375. The summed E-state index contributed by atoms with van der Waals surface area (Å²) in [6, 6.07) is 8.32. The molecular weight excluding hydrogens is 200 g/mol. The quantitative estimate of drug-likeness (QED) is 0.782. The van der Waals surface area contributed by atoms with Crippen molar-refractivity contribution in [3.05, 3.63) is 30.3 Å². The zero-order chi connectivity index (χ0) is 10.6. The van der Waals surface area contributed by atoms with Crippen molar-refractivity contribution in [2.45, 2.75) is 4.90 Å². The van der Waals surface area contributed by atoms with Gasteiger partial charge < -0.3 is 5.73 Å². The number of rotatable bonds is 4. The van der Waals surface area contributed by atoms with E-state index >= 15 is 0 Å². The van der Waals surface area contributed by atoms with Crippen molar-refractivity contribution in [1.29, 1.82) is 0 Å². The van der Waals surface area contributed by atoms with E-state index in [1.807, 2.05) is 0 Å². The van der Waals surface area contributed by atoms with Crippen LogP contribution in [0.1, 0.15) is 0 Å². The molecule has 0 aliphatic rings. The summed E-state index contributed by atoms with van der Waals surface area (Å²) in [5.74, 6) is 0. The van der Waals surface area contributed by atoms with Gasteiger partial charge in [-0.2, -0.15) is 4.31 Å². The van der Waals surface area contributed by atoms with E-state index in [1.165, 1.54) is 11.4 Å². The second-order valence-electron chi connectivity index (χ2n) is 2.93. The van der Waals surface area contributed by atoms with E-state index in [1.54, 1.807) is 30.3 Å². The molecule has 0 saturated heterocycles. The number of likely N-dealkylation sites (N-methyl/N-ethyl adjacent to an activating group) is 1. The van der Waals surface area contributed by atoms with E-state index in [2.05, 4.69) is 0 Å². The van der Waals surface area contributed by atoms with Crippen LogP contribution >= 0.6 is 0 Å². The van der Waals surface area contributed by atoms with Gasteiger partial charge in [0, 0.05) is 20.1 Å². The summed E-state index contributed by atoms with van der Waals surface area (Å²) in [5.41, 5.74) is 5.30. The van der Waals surface area contributed by atoms with E-state index in [-0.39, 0.29) is 0 Å². The molecule has 0 saturated carbocycles. The van der Waals surface area contributed by atoms with Crippen molar-refractivity contribution < 1.29 is 8.42 Å². The Hall–Kier alpha value is -0.910. The Morgan fingerprint density at radius 1 is 1.29 bits per heavy atom. The fraction of sp³-hybridized carbons (Fsp3) is 0.333. The molecule has 0 aromatic heterocycles. The molecule has 78 valence electrons. The maximum Gasteiger partial charge on any atom is 0.242 e. The molecule has 4 nitrogen and oxygen atoms in total. The van der Waals surface area contributed by atoms with Crippen molar-refractivity contribution >= 4 is 10.0 Å². The number of benzene rings is 1. The van der Waals surface area contributed by atoms with Crippen LogP contribution in [0.5, 0.6) is 0 Å². The molecule has 14 heavy (non-hydrogen) atoms. The molecule has 0 aliphatic heterocycles. The Kier molecular flexibility index (Phi) is 3.62. The third-order valence-corrected chi connectivity index (χ3v) is 3.77. The Balaban J connectivity index is 2.97. The highest BCUT2D eigenvalue weighted by Gasteiger charge is 2.18. The highest BCUT2D eigenvalue weighted by Crippen LogP contribution is 2.12. The van der Waals surface area contributed by atoms with Crippen molar-refractivity contribution in [3.8, 4) is 0 Å². The van der Waals surface area contributed by atoms with Crippen LogP contribution in [0.3, 0.4) is 0 Å². The molecule has 1 aromatic carbocycles. The Labute approximate surface area is 84.4 Å². The first-order valence-electron chi connectivity index (χ1n) is 4.30. The number of nitrogens with two attached hydrogens (primary N) is 1. The maximum atomic E-state index is 11.8. The third-order valence-electron chi connectivity index (χ3n) is 1.90. The predicted molar refractivity (Wildman–Crippen MR) is 55.3 cm³/mol. The van der Waals surface area contributed by atoms with E-state index < -0.39 is 10.0 Å². The van der Waals surface area contributed by atoms with Gasteiger partial charge in [0.05, 0.1) is 4.90 Å². The summed E-state index contributed by atoms with van der Waals surface area (Å²) >= 11 is 0. The Morgan fingerprint density at radius 3 is 2.36 bits per heavy atom. The highest BCUT2D eigenvalue weighted by molar-refractivity contribution is 7.89. The van der Waals surface area contributed by atoms with Gasteiger partial charge in [-0.1, -0.05) is 18.2 Å². The van der Waals surface area contributed by atoms with Gasteiger partial charge in [-0.3, -0.25) is 0 Å². The number of hydrogen-bond acceptors (Lipinski definition) is 3. The van der Waals surface area contributed by atoms with Crippen LogP contribution in [-0.2, 0) is 10.0 Å². The van der Waals surface area contributed by atoms with Crippen LogP contribution in [0, 0.1) is 0 Å². The summed E-state index contributed by atoms with van der Waals surface area (Å²) < 4.78 is 24.8. The van der Waals surface area contributed by atoms with Gasteiger partial charge in [-0.25, -0.2) is 8.42 Å². The third kappa shape index (κ3) is 2.31. The lowest BCUT2D eigenvalue weighted by atomic mass is 10.4. The monoisotopic (exact) mass is 214 g/mol.